The zero-order chi connectivity index (χ0) is 15.6. The number of halogens is 7. The second-order valence-electron chi connectivity index (χ2n) is 3.44. The van der Waals surface area contributed by atoms with E-state index in [1.165, 1.54) is 30.3 Å². The van der Waals surface area contributed by atoms with Crippen LogP contribution in [0, 0.1) is 0 Å². The van der Waals surface area contributed by atoms with E-state index >= 15 is 0 Å². The molecule has 0 aliphatic carbocycles. The Balaban J connectivity index is 3.40. The Hall–Kier alpha value is -1.16. The van der Waals surface area contributed by atoms with Gasteiger partial charge in [-0.2, -0.15) is 35.1 Å². The van der Waals surface area contributed by atoms with Gasteiger partial charge in [0, 0.05) is 4.90 Å². The highest BCUT2D eigenvalue weighted by Gasteiger charge is 2.74. The molecule has 0 saturated carbocycles. The third-order valence-corrected chi connectivity index (χ3v) is 3.47. The molecule has 0 amide bonds. The van der Waals surface area contributed by atoms with Gasteiger partial charge >= 0.3 is 18.1 Å². The molecule has 0 aliphatic rings. The Kier molecular flexibility index (Phi) is 4.80. The summed E-state index contributed by atoms with van der Waals surface area (Å²) in [5, 5.41) is 0. The third kappa shape index (κ3) is 3.29. The molecule has 1 unspecified atom stereocenters. The van der Waals surface area contributed by atoms with Gasteiger partial charge in [-0.25, -0.2) is 0 Å². The smallest absolute Gasteiger partial charge is 0.306 e. The van der Waals surface area contributed by atoms with Crippen LogP contribution in [0.2, 0.25) is 0 Å². The van der Waals surface area contributed by atoms with E-state index in [2.05, 4.69) is 8.55 Å². The van der Waals surface area contributed by atoms with Gasteiger partial charge in [-0.3, -0.25) is 0 Å². The average molecular weight is 323 g/mol. The predicted octanol–water partition coefficient (Wildman–Crippen LogP) is 4.20. The molecule has 1 aromatic carbocycles. The van der Waals surface area contributed by atoms with Crippen molar-refractivity contribution >= 4 is 11.0 Å². The lowest BCUT2D eigenvalue weighted by Gasteiger charge is -2.26. The van der Waals surface area contributed by atoms with Gasteiger partial charge in [0.2, 0.25) is 0 Å². The van der Waals surface area contributed by atoms with Gasteiger partial charge in [0.15, 0.2) is 0 Å². The van der Waals surface area contributed by atoms with E-state index in [1.54, 1.807) is 0 Å². The molecular weight excluding hydrogens is 315 g/mol. The van der Waals surface area contributed by atoms with Crippen LogP contribution >= 0.6 is 0 Å². The maximum absolute atomic E-state index is 13.4. The second-order valence-corrected chi connectivity index (χ2v) is 4.92. The summed E-state index contributed by atoms with van der Waals surface area (Å²) in [6, 6.07) is 6.55. The summed E-state index contributed by atoms with van der Waals surface area (Å²) < 4.78 is 94.3. The van der Waals surface area contributed by atoms with Crippen LogP contribution in [0.15, 0.2) is 39.6 Å². The fraction of sp³-hybridized carbons (Fsp3) is 0.400. The van der Waals surface area contributed by atoms with Gasteiger partial charge in [-0.05, 0) is 12.1 Å². The molecular formula is C10H8F7NOS. The van der Waals surface area contributed by atoms with Crippen LogP contribution in [0.25, 0.3) is 0 Å². The monoisotopic (exact) mass is 323 g/mol. The van der Waals surface area contributed by atoms with E-state index < -0.39 is 29.1 Å². The van der Waals surface area contributed by atoms with Crippen LogP contribution in [0.5, 0.6) is 0 Å². The summed E-state index contributed by atoms with van der Waals surface area (Å²) in [5.74, 6) is -5.69. The Morgan fingerprint density at radius 1 is 0.900 bits per heavy atom. The lowest BCUT2D eigenvalue weighted by molar-refractivity contribution is -0.337. The van der Waals surface area contributed by atoms with Crippen molar-refractivity contribution in [3.8, 4) is 0 Å². The lowest BCUT2D eigenvalue weighted by Crippen LogP contribution is -2.52. The van der Waals surface area contributed by atoms with Gasteiger partial charge < -0.3 is 4.18 Å². The Labute approximate surface area is 111 Å². The van der Waals surface area contributed by atoms with Gasteiger partial charge in [0.25, 0.3) is 0 Å². The number of alkyl halides is 7. The molecule has 1 atom stereocenters. The molecule has 0 spiro atoms. The molecule has 0 fully saturated rings. The van der Waals surface area contributed by atoms with Gasteiger partial charge in [-0.15, -0.1) is 0 Å². The Morgan fingerprint density at radius 3 is 1.70 bits per heavy atom. The Bertz CT molecular complexity index is 469. The molecule has 0 saturated heterocycles. The highest BCUT2D eigenvalue weighted by atomic mass is 32.2. The number of benzene rings is 1. The van der Waals surface area contributed by atoms with Crippen LogP contribution in [-0.4, -0.2) is 25.3 Å². The first kappa shape index (κ1) is 16.9. The zero-order valence-electron chi connectivity index (χ0n) is 9.80. The minimum absolute atomic E-state index is 0.106. The maximum Gasteiger partial charge on any atom is 0.454 e. The molecule has 2 nitrogen and oxygen atoms in total. The van der Waals surface area contributed by atoms with Crippen molar-refractivity contribution in [2.45, 2.75) is 23.0 Å². The molecule has 20 heavy (non-hydrogen) atoms. The van der Waals surface area contributed by atoms with Crippen molar-refractivity contribution in [1.82, 2.24) is 0 Å². The quantitative estimate of drug-likeness (QED) is 0.603. The first-order valence-corrected chi connectivity index (χ1v) is 6.03. The van der Waals surface area contributed by atoms with Crippen LogP contribution in [0.4, 0.5) is 30.7 Å². The van der Waals surface area contributed by atoms with E-state index in [-0.39, 0.29) is 4.90 Å². The van der Waals surface area contributed by atoms with Crippen molar-refractivity contribution in [2.75, 3.05) is 7.11 Å². The van der Waals surface area contributed by atoms with Crippen LogP contribution in [0.3, 0.4) is 0 Å². The van der Waals surface area contributed by atoms with E-state index in [9.17, 15) is 30.7 Å². The SMILES string of the molecule is CO/S(=N\C(F)(C(F)(F)F)C(F)(F)F)c1ccccc1. The molecule has 0 radical (unpaired) electrons. The summed E-state index contributed by atoms with van der Waals surface area (Å²) in [7, 11) is -1.51. The summed E-state index contributed by atoms with van der Waals surface area (Å²) in [5.41, 5.74) is 0. The number of rotatable bonds is 3. The average Bonchev–Trinajstić information content (AvgIpc) is 2.34. The third-order valence-electron chi connectivity index (χ3n) is 2.06. The molecule has 114 valence electrons. The maximum atomic E-state index is 13.4. The number of hydrogen-bond donors (Lipinski definition) is 0. The van der Waals surface area contributed by atoms with Crippen molar-refractivity contribution < 1.29 is 34.9 Å². The Morgan fingerprint density at radius 2 is 1.35 bits per heavy atom. The molecule has 0 heterocycles. The molecule has 0 N–H and O–H groups in total. The first-order chi connectivity index (χ1) is 9.03. The van der Waals surface area contributed by atoms with Gasteiger partial charge in [0.05, 0.1) is 18.1 Å². The lowest BCUT2D eigenvalue weighted by atomic mass is 10.2. The van der Waals surface area contributed by atoms with E-state index in [0.717, 1.165) is 7.11 Å². The molecule has 1 aromatic rings. The minimum Gasteiger partial charge on any atom is -0.306 e. The molecule has 1 rings (SSSR count). The van der Waals surface area contributed by atoms with E-state index in [0.29, 0.717) is 0 Å². The highest BCUT2D eigenvalue weighted by molar-refractivity contribution is 7.82. The van der Waals surface area contributed by atoms with E-state index in [4.69, 9.17) is 0 Å². The molecule has 10 heteroatoms. The largest absolute Gasteiger partial charge is 0.454 e. The summed E-state index contributed by atoms with van der Waals surface area (Å²) >= 11 is 0. The highest BCUT2D eigenvalue weighted by Crippen LogP contribution is 2.47. The van der Waals surface area contributed by atoms with Crippen molar-refractivity contribution in [1.29, 1.82) is 0 Å². The summed E-state index contributed by atoms with van der Waals surface area (Å²) in [6.45, 7) is 0. The second kappa shape index (κ2) is 5.68. The normalized spacial score (nSPS) is 15.4. The van der Waals surface area contributed by atoms with Crippen molar-refractivity contribution in [3.05, 3.63) is 30.3 Å². The fourth-order valence-corrected chi connectivity index (χ4v) is 2.30. The number of hydrogen-bond acceptors (Lipinski definition) is 2. The fourth-order valence-electron chi connectivity index (χ4n) is 1.10. The topological polar surface area (TPSA) is 21.6 Å². The molecule has 0 aromatic heterocycles. The van der Waals surface area contributed by atoms with Crippen molar-refractivity contribution in [2.24, 2.45) is 4.36 Å². The predicted molar refractivity (Wildman–Crippen MR) is 57.5 cm³/mol. The van der Waals surface area contributed by atoms with Crippen LogP contribution in [0.1, 0.15) is 0 Å². The molecule has 0 aliphatic heterocycles. The van der Waals surface area contributed by atoms with E-state index in [1.807, 2.05) is 0 Å². The van der Waals surface area contributed by atoms with Gasteiger partial charge in [-0.1, -0.05) is 18.2 Å². The van der Waals surface area contributed by atoms with Crippen LogP contribution < -0.4 is 0 Å². The standard InChI is InChI=1S/C10H8F7NOS/c1-19-20(7-5-3-2-4-6-7)18-8(11,9(12,13)14)10(15,16)17/h2-6H,1H3. The van der Waals surface area contributed by atoms with Gasteiger partial charge in [0.1, 0.15) is 0 Å². The molecule has 0 bridgehead atoms. The van der Waals surface area contributed by atoms with Crippen molar-refractivity contribution in [3.63, 3.8) is 0 Å². The summed E-state index contributed by atoms with van der Waals surface area (Å²) in [4.78, 5) is -0.106. The minimum atomic E-state index is -6.23. The zero-order valence-corrected chi connectivity index (χ0v) is 10.6. The first-order valence-electron chi connectivity index (χ1n) is 4.92. The van der Waals surface area contributed by atoms with Crippen LogP contribution in [-0.2, 0) is 15.2 Å². The summed E-state index contributed by atoms with van der Waals surface area (Å²) in [6.07, 6.45) is -12.5. The number of nitrogens with zero attached hydrogens (tertiary/aromatic N) is 1.